The summed E-state index contributed by atoms with van der Waals surface area (Å²) in [5, 5.41) is 0. The van der Waals surface area contributed by atoms with Crippen LogP contribution in [0.2, 0.25) is 0 Å². The molecule has 114 valence electrons. The molecule has 3 rings (SSSR count). The van der Waals surface area contributed by atoms with Gasteiger partial charge in [0.25, 0.3) is 0 Å². The van der Waals surface area contributed by atoms with E-state index in [2.05, 4.69) is 0 Å². The van der Waals surface area contributed by atoms with E-state index in [1.54, 1.807) is 31.2 Å². The Hall–Kier alpha value is -2.23. The van der Waals surface area contributed by atoms with E-state index in [4.69, 9.17) is 4.74 Å². The third kappa shape index (κ3) is 2.39. The minimum absolute atomic E-state index is 0.0828. The zero-order valence-corrected chi connectivity index (χ0v) is 12.8. The lowest BCUT2D eigenvalue weighted by atomic mass is 9.81. The van der Waals surface area contributed by atoms with E-state index in [1.165, 1.54) is 0 Å². The lowest BCUT2D eigenvalue weighted by Gasteiger charge is -2.25. The molecule has 0 amide bonds. The highest BCUT2D eigenvalue weighted by atomic mass is 16.6. The summed E-state index contributed by atoms with van der Waals surface area (Å²) in [7, 11) is 0. The van der Waals surface area contributed by atoms with E-state index in [9.17, 15) is 14.4 Å². The van der Waals surface area contributed by atoms with Gasteiger partial charge in [-0.25, -0.2) is 0 Å². The molecule has 1 heterocycles. The van der Waals surface area contributed by atoms with Gasteiger partial charge in [0.1, 0.15) is 5.60 Å². The van der Waals surface area contributed by atoms with Crippen molar-refractivity contribution in [1.82, 2.24) is 0 Å². The summed E-state index contributed by atoms with van der Waals surface area (Å²) in [4.78, 5) is 36.3. The van der Waals surface area contributed by atoms with Crippen LogP contribution >= 0.6 is 0 Å². The number of allylic oxidation sites excluding steroid dienone is 2. The fourth-order valence-corrected chi connectivity index (χ4v) is 3.16. The van der Waals surface area contributed by atoms with Crippen molar-refractivity contribution < 1.29 is 19.1 Å². The summed E-state index contributed by atoms with van der Waals surface area (Å²) in [5.74, 6) is -0.357. The molecule has 1 aliphatic carbocycles. The predicted octanol–water partition coefficient (Wildman–Crippen LogP) is 3.26. The van der Waals surface area contributed by atoms with Gasteiger partial charge in [-0.3, -0.25) is 14.4 Å². The van der Waals surface area contributed by atoms with Crippen molar-refractivity contribution in [3.05, 3.63) is 46.5 Å². The second-order valence-electron chi connectivity index (χ2n) is 6.23. The summed E-state index contributed by atoms with van der Waals surface area (Å²) in [6, 6.07) is 6.92. The number of fused-ring (bicyclic) bond motifs is 1. The first kappa shape index (κ1) is 14.7. The largest absolute Gasteiger partial charge is 0.459 e. The van der Waals surface area contributed by atoms with Crippen LogP contribution in [-0.4, -0.2) is 23.1 Å². The van der Waals surface area contributed by atoms with Crippen molar-refractivity contribution in [2.45, 2.75) is 45.1 Å². The molecule has 1 unspecified atom stereocenters. The zero-order chi connectivity index (χ0) is 15.9. The number of benzene rings is 1. The minimum atomic E-state index is -0.523. The number of ketones is 2. The summed E-state index contributed by atoms with van der Waals surface area (Å²) >= 11 is 0. The number of hydrogen-bond donors (Lipinski definition) is 0. The topological polar surface area (TPSA) is 60.4 Å². The highest BCUT2D eigenvalue weighted by molar-refractivity contribution is 6.26. The van der Waals surface area contributed by atoms with Gasteiger partial charge in [-0.05, 0) is 33.1 Å². The van der Waals surface area contributed by atoms with Gasteiger partial charge in [-0.1, -0.05) is 24.3 Å². The van der Waals surface area contributed by atoms with E-state index in [-0.39, 0.29) is 17.5 Å². The second-order valence-corrected chi connectivity index (χ2v) is 6.23. The van der Waals surface area contributed by atoms with Crippen LogP contribution in [0.25, 0.3) is 0 Å². The Morgan fingerprint density at radius 2 is 1.73 bits per heavy atom. The summed E-state index contributed by atoms with van der Waals surface area (Å²) in [5.41, 5.74) is 1.49. The van der Waals surface area contributed by atoms with Gasteiger partial charge in [0.2, 0.25) is 0 Å². The molecule has 0 aromatic heterocycles. The molecule has 4 nitrogen and oxygen atoms in total. The molecule has 1 fully saturated rings. The molecule has 0 radical (unpaired) electrons. The van der Waals surface area contributed by atoms with E-state index in [1.807, 2.05) is 6.92 Å². The molecule has 1 saturated heterocycles. The van der Waals surface area contributed by atoms with E-state index in [0.29, 0.717) is 48.0 Å². The predicted molar refractivity (Wildman–Crippen MR) is 80.8 cm³/mol. The van der Waals surface area contributed by atoms with Crippen molar-refractivity contribution in [2.75, 3.05) is 0 Å². The van der Waals surface area contributed by atoms with Crippen molar-refractivity contribution in [3.63, 3.8) is 0 Å². The summed E-state index contributed by atoms with van der Waals surface area (Å²) in [6.45, 7) is 3.59. The van der Waals surface area contributed by atoms with Crippen molar-refractivity contribution in [2.24, 2.45) is 0 Å². The average Bonchev–Trinajstić information content (AvgIpc) is 2.84. The molecule has 2 aliphatic rings. The maximum absolute atomic E-state index is 12.6. The number of carbonyl (C=O) groups excluding carboxylic acids is 3. The standard InChI is InChI=1S/C18H18O4/c1-11-12(7-9-18(2)10-8-15(19)22-18)17(21)14-6-4-3-5-13(14)16(11)20/h3-6H,7-10H2,1-2H3. The van der Waals surface area contributed by atoms with Crippen molar-refractivity contribution in [3.8, 4) is 0 Å². The number of rotatable bonds is 3. The van der Waals surface area contributed by atoms with Gasteiger partial charge in [0, 0.05) is 28.7 Å². The van der Waals surface area contributed by atoms with Crippen LogP contribution < -0.4 is 0 Å². The van der Waals surface area contributed by atoms with Crippen LogP contribution in [0.5, 0.6) is 0 Å². The molecular formula is C18H18O4. The third-order valence-corrected chi connectivity index (χ3v) is 4.61. The Morgan fingerprint density at radius 3 is 2.32 bits per heavy atom. The van der Waals surface area contributed by atoms with Crippen LogP contribution in [0.15, 0.2) is 35.4 Å². The Bertz CT molecular complexity index is 714. The van der Waals surface area contributed by atoms with Crippen LogP contribution in [0, 0.1) is 0 Å². The monoisotopic (exact) mass is 298 g/mol. The number of ether oxygens (including phenoxy) is 1. The quantitative estimate of drug-likeness (QED) is 0.804. The normalized spacial score (nSPS) is 24.5. The summed E-state index contributed by atoms with van der Waals surface area (Å²) in [6.07, 6.45) is 2.10. The fraction of sp³-hybridized carbons (Fsp3) is 0.389. The molecule has 4 heteroatoms. The highest BCUT2D eigenvalue weighted by Gasteiger charge is 2.37. The highest BCUT2D eigenvalue weighted by Crippen LogP contribution is 2.35. The molecule has 0 bridgehead atoms. The Balaban J connectivity index is 1.85. The first-order valence-electron chi connectivity index (χ1n) is 7.51. The van der Waals surface area contributed by atoms with Gasteiger partial charge in [-0.2, -0.15) is 0 Å². The van der Waals surface area contributed by atoms with Crippen LogP contribution in [0.1, 0.15) is 60.2 Å². The molecule has 0 spiro atoms. The van der Waals surface area contributed by atoms with Gasteiger partial charge in [0.05, 0.1) is 0 Å². The summed E-state index contributed by atoms with van der Waals surface area (Å²) < 4.78 is 5.35. The van der Waals surface area contributed by atoms with Crippen molar-refractivity contribution >= 4 is 17.5 Å². The Labute approximate surface area is 129 Å². The zero-order valence-electron chi connectivity index (χ0n) is 12.8. The van der Waals surface area contributed by atoms with Crippen LogP contribution in [0.4, 0.5) is 0 Å². The smallest absolute Gasteiger partial charge is 0.306 e. The van der Waals surface area contributed by atoms with Crippen molar-refractivity contribution in [1.29, 1.82) is 0 Å². The Morgan fingerprint density at radius 1 is 1.09 bits per heavy atom. The second kappa shape index (κ2) is 5.20. The number of hydrogen-bond acceptors (Lipinski definition) is 4. The third-order valence-electron chi connectivity index (χ3n) is 4.61. The molecular weight excluding hydrogens is 280 g/mol. The maximum Gasteiger partial charge on any atom is 0.306 e. The number of carbonyl (C=O) groups is 3. The molecule has 0 N–H and O–H groups in total. The first-order chi connectivity index (χ1) is 10.4. The molecule has 0 saturated carbocycles. The van der Waals surface area contributed by atoms with Gasteiger partial charge in [-0.15, -0.1) is 0 Å². The maximum atomic E-state index is 12.6. The van der Waals surface area contributed by atoms with E-state index >= 15 is 0 Å². The van der Waals surface area contributed by atoms with Gasteiger partial charge >= 0.3 is 5.97 Å². The lowest BCUT2D eigenvalue weighted by Crippen LogP contribution is -2.26. The van der Waals surface area contributed by atoms with Crippen LogP contribution in [0.3, 0.4) is 0 Å². The molecule has 1 aromatic carbocycles. The Kier molecular flexibility index (Phi) is 3.47. The van der Waals surface area contributed by atoms with E-state index < -0.39 is 5.60 Å². The molecule has 1 atom stereocenters. The fourth-order valence-electron chi connectivity index (χ4n) is 3.16. The number of esters is 1. The van der Waals surface area contributed by atoms with E-state index in [0.717, 1.165) is 0 Å². The number of Topliss-reactive ketones (excluding diaryl/α,β-unsaturated/α-hetero) is 2. The lowest BCUT2D eigenvalue weighted by molar-refractivity contribution is -0.147. The van der Waals surface area contributed by atoms with Crippen LogP contribution in [-0.2, 0) is 9.53 Å². The first-order valence-corrected chi connectivity index (χ1v) is 7.51. The number of cyclic esters (lactones) is 1. The average molecular weight is 298 g/mol. The minimum Gasteiger partial charge on any atom is -0.459 e. The molecule has 1 aliphatic heterocycles. The SMILES string of the molecule is CC1=C(CCC2(C)CCC(=O)O2)C(=O)c2ccccc2C1=O. The van der Waals surface area contributed by atoms with Gasteiger partial charge < -0.3 is 4.74 Å². The molecule has 22 heavy (non-hydrogen) atoms. The van der Waals surface area contributed by atoms with Gasteiger partial charge in [0.15, 0.2) is 11.6 Å². The molecule has 1 aromatic rings.